The molecule has 0 aliphatic carbocycles. The predicted molar refractivity (Wildman–Crippen MR) is 56.7 cm³/mol. The molecule has 2 rings (SSSR count). The fraction of sp³-hybridized carbons (Fsp3) is 0.417. The quantitative estimate of drug-likeness (QED) is 0.756. The van der Waals surface area contributed by atoms with E-state index in [1.54, 1.807) is 12.1 Å². The maximum atomic E-state index is 12.3. The molecule has 1 aromatic rings. The van der Waals surface area contributed by atoms with Gasteiger partial charge in [-0.2, -0.15) is 0 Å². The normalized spacial score (nSPS) is 16.2. The van der Waals surface area contributed by atoms with Crippen LogP contribution in [0, 0.1) is 0 Å². The van der Waals surface area contributed by atoms with Gasteiger partial charge >= 0.3 is 0 Å². The number of rotatable bonds is 2. The summed E-state index contributed by atoms with van der Waals surface area (Å²) in [4.78, 5) is 13.2. The number of fused-ring (bicyclic) bond motifs is 1. The Morgan fingerprint density at radius 1 is 1.31 bits per heavy atom. The smallest absolute Gasteiger partial charge is 0.255 e. The molecular weight excluding hydrogens is 212 g/mol. The predicted octanol–water partition coefficient (Wildman–Crippen LogP) is 2.34. The molecule has 0 spiro atoms. The first kappa shape index (κ1) is 11.0. The van der Waals surface area contributed by atoms with Gasteiger partial charge in [0.05, 0.1) is 6.54 Å². The third kappa shape index (κ3) is 2.21. The second kappa shape index (κ2) is 4.60. The number of alkyl halides is 2. The van der Waals surface area contributed by atoms with Crippen molar-refractivity contribution in [3.63, 3.8) is 0 Å². The van der Waals surface area contributed by atoms with Gasteiger partial charge in [0.25, 0.3) is 12.3 Å². The van der Waals surface area contributed by atoms with Crippen molar-refractivity contribution in [2.45, 2.75) is 19.3 Å². The van der Waals surface area contributed by atoms with Gasteiger partial charge in [-0.3, -0.25) is 4.79 Å². The van der Waals surface area contributed by atoms with Crippen molar-refractivity contribution >= 4 is 5.91 Å². The van der Waals surface area contributed by atoms with Gasteiger partial charge in [0.15, 0.2) is 0 Å². The molecule has 0 atom stereocenters. The minimum absolute atomic E-state index is 0.270. The van der Waals surface area contributed by atoms with Crippen LogP contribution in [0.1, 0.15) is 22.3 Å². The highest BCUT2D eigenvalue weighted by atomic mass is 19.3. The lowest BCUT2D eigenvalue weighted by Gasteiger charge is -2.20. The molecule has 0 radical (unpaired) electrons. The molecule has 86 valence electrons. The summed E-state index contributed by atoms with van der Waals surface area (Å²) in [6.45, 7) is -0.0506. The van der Waals surface area contributed by atoms with Crippen molar-refractivity contribution in [1.82, 2.24) is 4.90 Å². The number of aryl methyl sites for hydroxylation is 1. The zero-order valence-electron chi connectivity index (χ0n) is 8.83. The van der Waals surface area contributed by atoms with Gasteiger partial charge in [-0.1, -0.05) is 18.2 Å². The van der Waals surface area contributed by atoms with Crippen molar-refractivity contribution < 1.29 is 13.6 Å². The second-order valence-electron chi connectivity index (χ2n) is 3.90. The van der Waals surface area contributed by atoms with E-state index in [-0.39, 0.29) is 5.91 Å². The first-order valence-electron chi connectivity index (χ1n) is 5.34. The zero-order chi connectivity index (χ0) is 11.5. The van der Waals surface area contributed by atoms with Crippen LogP contribution in [0.15, 0.2) is 24.3 Å². The van der Waals surface area contributed by atoms with Crippen molar-refractivity contribution in [1.29, 1.82) is 0 Å². The van der Waals surface area contributed by atoms with Gasteiger partial charge in [0.2, 0.25) is 0 Å². The maximum Gasteiger partial charge on any atom is 0.255 e. The molecular formula is C12H13F2NO. The number of hydrogen-bond acceptors (Lipinski definition) is 1. The summed E-state index contributed by atoms with van der Waals surface area (Å²) in [5.41, 5.74) is 1.53. The average Bonchev–Trinajstić information content (AvgIpc) is 2.40. The highest BCUT2D eigenvalue weighted by molar-refractivity contribution is 5.96. The summed E-state index contributed by atoms with van der Waals surface area (Å²) in [6, 6.07) is 7.23. The van der Waals surface area contributed by atoms with E-state index >= 15 is 0 Å². The SMILES string of the molecule is O=C1c2ccccc2CCCN1CC(F)F. The number of hydrogen-bond donors (Lipinski definition) is 0. The van der Waals surface area contributed by atoms with Crippen molar-refractivity contribution in [2.75, 3.05) is 13.1 Å². The van der Waals surface area contributed by atoms with Gasteiger partial charge in [-0.15, -0.1) is 0 Å². The number of amides is 1. The van der Waals surface area contributed by atoms with Gasteiger partial charge in [0.1, 0.15) is 0 Å². The number of carbonyl (C=O) groups excluding carboxylic acids is 1. The molecule has 4 heteroatoms. The number of nitrogens with zero attached hydrogens (tertiary/aromatic N) is 1. The van der Waals surface area contributed by atoms with Gasteiger partial charge in [0, 0.05) is 12.1 Å². The topological polar surface area (TPSA) is 20.3 Å². The molecule has 1 aliphatic heterocycles. The summed E-state index contributed by atoms with van der Waals surface area (Å²) in [7, 11) is 0. The van der Waals surface area contributed by atoms with E-state index in [2.05, 4.69) is 0 Å². The Morgan fingerprint density at radius 2 is 2.06 bits per heavy atom. The molecule has 0 bridgehead atoms. The number of halogens is 2. The monoisotopic (exact) mass is 225 g/mol. The van der Waals surface area contributed by atoms with Gasteiger partial charge in [-0.25, -0.2) is 8.78 Å². The maximum absolute atomic E-state index is 12.3. The Balaban J connectivity index is 2.26. The van der Waals surface area contributed by atoms with E-state index in [1.165, 1.54) is 4.90 Å². The Labute approximate surface area is 92.9 Å². The Kier molecular flexibility index (Phi) is 3.17. The molecule has 0 fully saturated rings. The molecule has 1 amide bonds. The lowest BCUT2D eigenvalue weighted by atomic mass is 10.0. The van der Waals surface area contributed by atoms with Crippen LogP contribution in [-0.2, 0) is 6.42 Å². The lowest BCUT2D eigenvalue weighted by molar-refractivity contribution is 0.0561. The molecule has 0 unspecified atom stereocenters. The number of benzene rings is 1. The highest BCUT2D eigenvalue weighted by Gasteiger charge is 2.23. The Hall–Kier alpha value is -1.45. The standard InChI is InChI=1S/C12H13F2NO/c13-11(14)8-15-7-3-5-9-4-1-2-6-10(9)12(15)16/h1-2,4,6,11H,3,5,7-8H2. The van der Waals surface area contributed by atoms with E-state index in [1.807, 2.05) is 12.1 Å². The van der Waals surface area contributed by atoms with E-state index in [9.17, 15) is 13.6 Å². The van der Waals surface area contributed by atoms with Crippen LogP contribution in [-0.4, -0.2) is 30.3 Å². The van der Waals surface area contributed by atoms with Crippen molar-refractivity contribution in [3.05, 3.63) is 35.4 Å². The summed E-state index contributed by atoms with van der Waals surface area (Å²) in [5, 5.41) is 0. The molecule has 0 saturated heterocycles. The largest absolute Gasteiger partial charge is 0.333 e. The van der Waals surface area contributed by atoms with Crippen LogP contribution in [0.4, 0.5) is 8.78 Å². The lowest BCUT2D eigenvalue weighted by Crippen LogP contribution is -2.35. The Bertz CT molecular complexity index is 392. The minimum atomic E-state index is -2.46. The second-order valence-corrected chi connectivity index (χ2v) is 3.90. The van der Waals surface area contributed by atoms with Gasteiger partial charge in [-0.05, 0) is 24.5 Å². The molecule has 1 heterocycles. The molecule has 2 nitrogen and oxygen atoms in total. The van der Waals surface area contributed by atoms with Crippen molar-refractivity contribution in [3.8, 4) is 0 Å². The third-order valence-electron chi connectivity index (χ3n) is 2.77. The molecule has 16 heavy (non-hydrogen) atoms. The molecule has 1 aromatic carbocycles. The van der Waals surface area contributed by atoms with E-state index < -0.39 is 13.0 Å². The molecule has 0 saturated carbocycles. The zero-order valence-corrected chi connectivity index (χ0v) is 8.83. The van der Waals surface area contributed by atoms with Gasteiger partial charge < -0.3 is 4.90 Å². The van der Waals surface area contributed by atoms with Crippen LogP contribution in [0.5, 0.6) is 0 Å². The third-order valence-corrected chi connectivity index (χ3v) is 2.77. The fourth-order valence-electron chi connectivity index (χ4n) is 2.02. The molecule has 1 aliphatic rings. The van der Waals surface area contributed by atoms with E-state index in [0.717, 1.165) is 18.4 Å². The van der Waals surface area contributed by atoms with E-state index in [4.69, 9.17) is 0 Å². The molecule has 0 N–H and O–H groups in total. The Morgan fingerprint density at radius 3 is 2.81 bits per heavy atom. The summed E-state index contributed by atoms with van der Waals surface area (Å²) in [6.07, 6.45) is -0.939. The molecule has 0 aromatic heterocycles. The van der Waals surface area contributed by atoms with E-state index in [0.29, 0.717) is 12.1 Å². The first-order chi connectivity index (χ1) is 7.68. The average molecular weight is 225 g/mol. The van der Waals surface area contributed by atoms with Crippen molar-refractivity contribution in [2.24, 2.45) is 0 Å². The van der Waals surface area contributed by atoms with Crippen LogP contribution in [0.2, 0.25) is 0 Å². The summed E-state index contributed by atoms with van der Waals surface area (Å²) in [5.74, 6) is -0.270. The van der Waals surface area contributed by atoms with Crippen LogP contribution >= 0.6 is 0 Å². The van der Waals surface area contributed by atoms with Crippen LogP contribution < -0.4 is 0 Å². The highest BCUT2D eigenvalue weighted by Crippen LogP contribution is 2.18. The fourth-order valence-corrected chi connectivity index (χ4v) is 2.02. The summed E-state index contributed by atoms with van der Waals surface area (Å²) < 4.78 is 24.6. The number of carbonyl (C=O) groups is 1. The van der Waals surface area contributed by atoms with Crippen LogP contribution in [0.25, 0.3) is 0 Å². The minimum Gasteiger partial charge on any atom is -0.333 e. The first-order valence-corrected chi connectivity index (χ1v) is 5.34. The summed E-state index contributed by atoms with van der Waals surface area (Å²) >= 11 is 0. The van der Waals surface area contributed by atoms with Crippen LogP contribution in [0.3, 0.4) is 0 Å².